The van der Waals surface area contributed by atoms with Gasteiger partial charge in [0, 0.05) is 6.61 Å². The van der Waals surface area contributed by atoms with Crippen LogP contribution in [0.1, 0.15) is 39.5 Å². The van der Waals surface area contributed by atoms with Crippen molar-refractivity contribution in [3.8, 4) is 0 Å². The predicted octanol–water partition coefficient (Wildman–Crippen LogP) is 2.06. The summed E-state index contributed by atoms with van der Waals surface area (Å²) in [4.78, 5) is 10.3. The Hall–Kier alpha value is -0.570. The quantitative estimate of drug-likeness (QED) is 0.601. The normalized spacial score (nSPS) is 12.8. The monoisotopic (exact) mass is 174 g/mol. The van der Waals surface area contributed by atoms with Crippen molar-refractivity contribution in [1.82, 2.24) is 0 Å². The molecule has 0 aliphatic carbocycles. The summed E-state index contributed by atoms with van der Waals surface area (Å²) in [5.41, 5.74) is 0. The number of rotatable bonds is 7. The highest BCUT2D eigenvalue weighted by atomic mass is 16.5. The van der Waals surface area contributed by atoms with E-state index in [0.29, 0.717) is 6.61 Å². The fourth-order valence-electron chi connectivity index (χ4n) is 0.860. The second-order valence-electron chi connectivity index (χ2n) is 2.91. The summed E-state index contributed by atoms with van der Waals surface area (Å²) in [5, 5.41) is 8.46. The maximum atomic E-state index is 10.3. The molecule has 72 valence electrons. The molecule has 0 amide bonds. The van der Waals surface area contributed by atoms with Crippen LogP contribution in [0, 0.1) is 0 Å². The van der Waals surface area contributed by atoms with Gasteiger partial charge in [-0.05, 0) is 13.3 Å². The molecule has 0 radical (unpaired) electrons. The molecule has 0 heterocycles. The van der Waals surface area contributed by atoms with Gasteiger partial charge >= 0.3 is 5.97 Å². The molecule has 12 heavy (non-hydrogen) atoms. The molecule has 3 nitrogen and oxygen atoms in total. The van der Waals surface area contributed by atoms with Crippen molar-refractivity contribution in [2.75, 3.05) is 6.61 Å². The van der Waals surface area contributed by atoms with Gasteiger partial charge in [-0.3, -0.25) is 0 Å². The molecule has 0 aromatic rings. The van der Waals surface area contributed by atoms with Crippen LogP contribution < -0.4 is 0 Å². The van der Waals surface area contributed by atoms with Crippen LogP contribution in [-0.2, 0) is 9.53 Å². The topological polar surface area (TPSA) is 46.5 Å². The third-order valence-electron chi connectivity index (χ3n) is 1.71. The van der Waals surface area contributed by atoms with Gasteiger partial charge in [-0.1, -0.05) is 26.2 Å². The summed E-state index contributed by atoms with van der Waals surface area (Å²) in [7, 11) is 0. The molecule has 0 unspecified atom stereocenters. The van der Waals surface area contributed by atoms with Gasteiger partial charge in [0.1, 0.15) is 0 Å². The number of carboxylic acids is 1. The van der Waals surface area contributed by atoms with E-state index >= 15 is 0 Å². The van der Waals surface area contributed by atoms with Crippen molar-refractivity contribution in [3.63, 3.8) is 0 Å². The Kier molecular flexibility index (Phi) is 6.76. The van der Waals surface area contributed by atoms with E-state index in [1.54, 1.807) is 6.92 Å². The molecule has 0 fully saturated rings. The Morgan fingerprint density at radius 3 is 2.58 bits per heavy atom. The zero-order valence-corrected chi connectivity index (χ0v) is 7.88. The minimum Gasteiger partial charge on any atom is -0.479 e. The third-order valence-corrected chi connectivity index (χ3v) is 1.71. The number of carboxylic acid groups (broad SMARTS) is 1. The molecule has 0 saturated carbocycles. The van der Waals surface area contributed by atoms with Crippen LogP contribution in [0.15, 0.2) is 0 Å². The van der Waals surface area contributed by atoms with Gasteiger partial charge < -0.3 is 9.84 Å². The number of carbonyl (C=O) groups is 1. The molecule has 3 heteroatoms. The second-order valence-corrected chi connectivity index (χ2v) is 2.91. The second kappa shape index (κ2) is 7.10. The highest BCUT2D eigenvalue weighted by Crippen LogP contribution is 2.00. The predicted molar refractivity (Wildman–Crippen MR) is 47.2 cm³/mol. The molecule has 0 aromatic heterocycles. The molecule has 1 atom stereocenters. The van der Waals surface area contributed by atoms with E-state index in [1.165, 1.54) is 12.8 Å². The SMILES string of the molecule is CCCCCCO[C@H](C)C(=O)O. The van der Waals surface area contributed by atoms with Gasteiger partial charge in [0.2, 0.25) is 0 Å². The van der Waals surface area contributed by atoms with Gasteiger partial charge in [0.15, 0.2) is 6.10 Å². The third kappa shape index (κ3) is 6.16. The van der Waals surface area contributed by atoms with Gasteiger partial charge in [0.25, 0.3) is 0 Å². The lowest BCUT2D eigenvalue weighted by Gasteiger charge is -2.07. The molecule has 0 aliphatic rings. The summed E-state index contributed by atoms with van der Waals surface area (Å²) in [6.45, 7) is 4.26. The van der Waals surface area contributed by atoms with E-state index in [-0.39, 0.29) is 0 Å². The van der Waals surface area contributed by atoms with Gasteiger partial charge in [-0.15, -0.1) is 0 Å². The summed E-state index contributed by atoms with van der Waals surface area (Å²) >= 11 is 0. The van der Waals surface area contributed by atoms with Crippen molar-refractivity contribution in [3.05, 3.63) is 0 Å². The van der Waals surface area contributed by atoms with Gasteiger partial charge in [0.05, 0.1) is 0 Å². The molecular weight excluding hydrogens is 156 g/mol. The fraction of sp³-hybridized carbons (Fsp3) is 0.889. The Balaban J connectivity index is 3.14. The maximum absolute atomic E-state index is 10.3. The summed E-state index contributed by atoms with van der Waals surface area (Å²) < 4.78 is 5.05. The van der Waals surface area contributed by atoms with Crippen LogP contribution in [0.4, 0.5) is 0 Å². The minimum atomic E-state index is -0.884. The van der Waals surface area contributed by atoms with E-state index in [0.717, 1.165) is 12.8 Å². The molecule has 0 aliphatic heterocycles. The summed E-state index contributed by atoms with van der Waals surface area (Å²) in [6, 6.07) is 0. The molecule has 0 rings (SSSR count). The fourth-order valence-corrected chi connectivity index (χ4v) is 0.860. The number of ether oxygens (including phenoxy) is 1. The minimum absolute atomic E-state index is 0.563. The van der Waals surface area contributed by atoms with Crippen LogP contribution in [0.3, 0.4) is 0 Å². The first-order chi connectivity index (χ1) is 5.68. The van der Waals surface area contributed by atoms with E-state index in [4.69, 9.17) is 9.84 Å². The van der Waals surface area contributed by atoms with E-state index < -0.39 is 12.1 Å². The molecular formula is C9H18O3. The van der Waals surface area contributed by atoms with Crippen LogP contribution in [0.25, 0.3) is 0 Å². The zero-order chi connectivity index (χ0) is 9.40. The lowest BCUT2D eigenvalue weighted by molar-refractivity contribution is -0.149. The maximum Gasteiger partial charge on any atom is 0.332 e. The Labute approximate surface area is 73.7 Å². The Morgan fingerprint density at radius 2 is 2.08 bits per heavy atom. The zero-order valence-electron chi connectivity index (χ0n) is 7.88. The molecule has 0 saturated heterocycles. The molecule has 1 N–H and O–H groups in total. The summed E-state index contributed by atoms with van der Waals surface area (Å²) in [5.74, 6) is -0.884. The van der Waals surface area contributed by atoms with Crippen LogP contribution in [0.2, 0.25) is 0 Å². The summed E-state index contributed by atoms with van der Waals surface area (Å²) in [6.07, 6.45) is 3.82. The number of hydrogen-bond donors (Lipinski definition) is 1. The van der Waals surface area contributed by atoms with Crippen LogP contribution in [0.5, 0.6) is 0 Å². The van der Waals surface area contributed by atoms with E-state index in [2.05, 4.69) is 6.92 Å². The number of unbranched alkanes of at least 4 members (excludes halogenated alkanes) is 3. The Morgan fingerprint density at radius 1 is 1.42 bits per heavy atom. The van der Waals surface area contributed by atoms with E-state index in [9.17, 15) is 4.79 Å². The highest BCUT2D eigenvalue weighted by Gasteiger charge is 2.09. The van der Waals surface area contributed by atoms with Crippen LogP contribution in [-0.4, -0.2) is 23.8 Å². The highest BCUT2D eigenvalue weighted by molar-refractivity contribution is 5.71. The molecule has 0 bridgehead atoms. The van der Waals surface area contributed by atoms with Crippen molar-refractivity contribution >= 4 is 5.97 Å². The lowest BCUT2D eigenvalue weighted by atomic mass is 10.2. The number of aliphatic carboxylic acids is 1. The smallest absolute Gasteiger partial charge is 0.332 e. The Bertz CT molecular complexity index is 123. The first-order valence-electron chi connectivity index (χ1n) is 4.53. The van der Waals surface area contributed by atoms with Crippen molar-refractivity contribution in [2.24, 2.45) is 0 Å². The molecule has 0 spiro atoms. The largest absolute Gasteiger partial charge is 0.479 e. The first-order valence-corrected chi connectivity index (χ1v) is 4.53. The average molecular weight is 174 g/mol. The van der Waals surface area contributed by atoms with E-state index in [1.807, 2.05) is 0 Å². The number of hydrogen-bond acceptors (Lipinski definition) is 2. The lowest BCUT2D eigenvalue weighted by Crippen LogP contribution is -2.20. The van der Waals surface area contributed by atoms with Crippen molar-refractivity contribution in [2.45, 2.75) is 45.6 Å². The van der Waals surface area contributed by atoms with Gasteiger partial charge in [-0.2, -0.15) is 0 Å². The standard InChI is InChI=1S/C9H18O3/c1-3-4-5-6-7-12-8(2)9(10)11/h8H,3-7H2,1-2H3,(H,10,11)/t8-/m1/s1. The average Bonchev–Trinajstić information content (AvgIpc) is 2.03. The van der Waals surface area contributed by atoms with Crippen molar-refractivity contribution < 1.29 is 14.6 Å². The van der Waals surface area contributed by atoms with Gasteiger partial charge in [-0.25, -0.2) is 4.79 Å². The first kappa shape index (κ1) is 11.4. The molecule has 0 aromatic carbocycles. The van der Waals surface area contributed by atoms with Crippen molar-refractivity contribution in [1.29, 1.82) is 0 Å². The van der Waals surface area contributed by atoms with Crippen LogP contribution >= 0.6 is 0 Å².